The highest BCUT2D eigenvalue weighted by Gasteiger charge is 2.55. The maximum atomic E-state index is 12.1. The summed E-state index contributed by atoms with van der Waals surface area (Å²) in [6.45, 7) is 0.745. The Morgan fingerprint density at radius 2 is 2.13 bits per heavy atom. The molecule has 0 saturated heterocycles. The van der Waals surface area contributed by atoms with Gasteiger partial charge >= 0.3 is 0 Å². The van der Waals surface area contributed by atoms with Crippen LogP contribution in [0.15, 0.2) is 22.7 Å². The molecule has 15 heavy (non-hydrogen) atoms. The van der Waals surface area contributed by atoms with E-state index < -0.39 is 0 Å². The van der Waals surface area contributed by atoms with Gasteiger partial charge in [0, 0.05) is 18.1 Å². The predicted molar refractivity (Wildman–Crippen MR) is 61.5 cm³/mol. The number of halogens is 1. The molecule has 2 nitrogen and oxygen atoms in total. The van der Waals surface area contributed by atoms with Crippen molar-refractivity contribution in [2.45, 2.75) is 24.8 Å². The largest absolute Gasteiger partial charge is 0.341 e. The third kappa shape index (κ3) is 1.19. The number of nitrogens with zero attached hydrogens (tertiary/aromatic N) is 1. The second kappa shape index (κ2) is 2.85. The molecule has 0 aromatic heterocycles. The Balaban J connectivity index is 2.19. The van der Waals surface area contributed by atoms with Gasteiger partial charge in [-0.2, -0.15) is 0 Å². The highest BCUT2D eigenvalue weighted by molar-refractivity contribution is 9.10. The van der Waals surface area contributed by atoms with Gasteiger partial charge in [-0.1, -0.05) is 22.0 Å². The van der Waals surface area contributed by atoms with Crippen LogP contribution in [0.3, 0.4) is 0 Å². The topological polar surface area (TPSA) is 20.3 Å². The summed E-state index contributed by atoms with van der Waals surface area (Å²) in [5, 5.41) is 0. The van der Waals surface area contributed by atoms with Gasteiger partial charge in [-0.3, -0.25) is 4.79 Å². The molecule has 0 N–H and O–H groups in total. The molecule has 1 aromatic carbocycles. The number of carbonyl (C=O) groups is 1. The van der Waals surface area contributed by atoms with Crippen LogP contribution in [0.25, 0.3) is 0 Å². The molecule has 1 aromatic rings. The molecule has 1 heterocycles. The lowest BCUT2D eigenvalue weighted by atomic mass is 9.86. The van der Waals surface area contributed by atoms with Crippen molar-refractivity contribution in [3.05, 3.63) is 33.8 Å². The Morgan fingerprint density at radius 3 is 2.80 bits per heavy atom. The fourth-order valence-electron chi connectivity index (χ4n) is 2.58. The SMILES string of the molecule is CN1Cc2cc(Br)ccc2C2(CC2)C1=O. The number of fused-ring (bicyclic) bond motifs is 2. The van der Waals surface area contributed by atoms with Crippen LogP contribution in [0, 0.1) is 0 Å². The first kappa shape index (κ1) is 9.40. The molecule has 78 valence electrons. The first-order valence-corrected chi connectivity index (χ1v) is 5.97. The summed E-state index contributed by atoms with van der Waals surface area (Å²) in [4.78, 5) is 13.9. The van der Waals surface area contributed by atoms with Crippen molar-refractivity contribution in [2.75, 3.05) is 7.05 Å². The molecule has 1 amide bonds. The quantitative estimate of drug-likeness (QED) is 0.706. The van der Waals surface area contributed by atoms with Crippen LogP contribution in [0.1, 0.15) is 24.0 Å². The fraction of sp³-hybridized carbons (Fsp3) is 0.417. The van der Waals surface area contributed by atoms with Crippen LogP contribution in [0.2, 0.25) is 0 Å². The standard InChI is InChI=1S/C12H12BrNO/c1-14-7-8-6-9(13)2-3-10(8)12(4-5-12)11(14)15/h2-3,6H,4-5,7H2,1H3. The van der Waals surface area contributed by atoms with E-state index in [-0.39, 0.29) is 5.41 Å². The van der Waals surface area contributed by atoms with Crippen molar-refractivity contribution in [2.24, 2.45) is 0 Å². The van der Waals surface area contributed by atoms with Crippen molar-refractivity contribution in [1.29, 1.82) is 0 Å². The lowest BCUT2D eigenvalue weighted by Crippen LogP contribution is -2.41. The van der Waals surface area contributed by atoms with Crippen molar-refractivity contribution in [1.82, 2.24) is 4.90 Å². The van der Waals surface area contributed by atoms with Crippen LogP contribution < -0.4 is 0 Å². The summed E-state index contributed by atoms with van der Waals surface area (Å²) in [6.07, 6.45) is 2.04. The van der Waals surface area contributed by atoms with Gasteiger partial charge in [0.25, 0.3) is 0 Å². The second-order valence-corrected chi connectivity index (χ2v) is 5.46. The molecule has 2 aliphatic rings. The maximum Gasteiger partial charge on any atom is 0.233 e. The Bertz CT molecular complexity index is 451. The molecule has 1 aliphatic carbocycles. The van der Waals surface area contributed by atoms with Gasteiger partial charge in [0.2, 0.25) is 5.91 Å². The number of carbonyl (C=O) groups excluding carboxylic acids is 1. The normalized spacial score (nSPS) is 21.7. The first-order chi connectivity index (χ1) is 7.13. The van der Waals surface area contributed by atoms with Gasteiger partial charge in [0.1, 0.15) is 0 Å². The van der Waals surface area contributed by atoms with Gasteiger partial charge in [0.05, 0.1) is 5.41 Å². The molecular weight excluding hydrogens is 254 g/mol. The first-order valence-electron chi connectivity index (χ1n) is 5.18. The summed E-state index contributed by atoms with van der Waals surface area (Å²) in [5.41, 5.74) is 2.40. The zero-order valence-electron chi connectivity index (χ0n) is 8.59. The minimum Gasteiger partial charge on any atom is -0.341 e. The molecule has 1 fully saturated rings. The molecule has 0 unspecified atom stereocenters. The van der Waals surface area contributed by atoms with Crippen molar-refractivity contribution < 1.29 is 4.79 Å². The van der Waals surface area contributed by atoms with Crippen LogP contribution in [-0.4, -0.2) is 17.9 Å². The molecule has 0 radical (unpaired) electrons. The van der Waals surface area contributed by atoms with Crippen molar-refractivity contribution >= 4 is 21.8 Å². The Hall–Kier alpha value is -0.830. The number of hydrogen-bond acceptors (Lipinski definition) is 1. The van der Waals surface area contributed by atoms with E-state index >= 15 is 0 Å². The third-order valence-electron chi connectivity index (χ3n) is 3.50. The zero-order chi connectivity index (χ0) is 10.6. The predicted octanol–water partition coefficient (Wildman–Crippen LogP) is 2.45. The van der Waals surface area contributed by atoms with Gasteiger partial charge in [0.15, 0.2) is 0 Å². The van der Waals surface area contributed by atoms with Gasteiger partial charge in [-0.25, -0.2) is 0 Å². The van der Waals surface area contributed by atoms with E-state index in [2.05, 4.69) is 28.1 Å². The van der Waals surface area contributed by atoms with Crippen LogP contribution >= 0.6 is 15.9 Å². The van der Waals surface area contributed by atoms with E-state index in [1.165, 1.54) is 11.1 Å². The Labute approximate surface area is 97.4 Å². The molecule has 1 saturated carbocycles. The van der Waals surface area contributed by atoms with Crippen LogP contribution in [0.4, 0.5) is 0 Å². The van der Waals surface area contributed by atoms with Gasteiger partial charge < -0.3 is 4.90 Å². The summed E-state index contributed by atoms with van der Waals surface area (Å²) >= 11 is 3.48. The minimum atomic E-state index is -0.150. The molecule has 1 aliphatic heterocycles. The van der Waals surface area contributed by atoms with Crippen LogP contribution in [0.5, 0.6) is 0 Å². The van der Waals surface area contributed by atoms with E-state index in [0.717, 1.165) is 23.9 Å². The maximum absolute atomic E-state index is 12.1. The van der Waals surface area contributed by atoms with Gasteiger partial charge in [-0.05, 0) is 36.1 Å². The summed E-state index contributed by atoms with van der Waals surface area (Å²) in [6, 6.07) is 6.28. The molecule has 0 atom stereocenters. The highest BCUT2D eigenvalue weighted by atomic mass is 79.9. The van der Waals surface area contributed by atoms with Gasteiger partial charge in [-0.15, -0.1) is 0 Å². The number of rotatable bonds is 0. The summed E-state index contributed by atoms with van der Waals surface area (Å²) < 4.78 is 1.10. The highest BCUT2D eigenvalue weighted by Crippen LogP contribution is 2.53. The average Bonchev–Trinajstić information content (AvgIpc) is 2.96. The summed E-state index contributed by atoms with van der Waals surface area (Å²) in [5.74, 6) is 0.303. The molecule has 3 rings (SSSR count). The molecule has 0 bridgehead atoms. The Kier molecular flexibility index (Phi) is 1.78. The number of likely N-dealkylation sites (N-methyl/N-ethyl adjacent to an activating group) is 1. The molecule has 3 heteroatoms. The van der Waals surface area contributed by atoms with Crippen LogP contribution in [-0.2, 0) is 16.8 Å². The van der Waals surface area contributed by atoms with Crippen molar-refractivity contribution in [3.63, 3.8) is 0 Å². The smallest absolute Gasteiger partial charge is 0.233 e. The van der Waals surface area contributed by atoms with E-state index in [1.54, 1.807) is 0 Å². The van der Waals surface area contributed by atoms with Crippen molar-refractivity contribution in [3.8, 4) is 0 Å². The second-order valence-electron chi connectivity index (χ2n) is 4.54. The number of hydrogen-bond donors (Lipinski definition) is 0. The number of benzene rings is 1. The summed E-state index contributed by atoms with van der Waals surface area (Å²) in [7, 11) is 1.90. The minimum absolute atomic E-state index is 0.150. The van der Waals surface area contributed by atoms with E-state index in [4.69, 9.17) is 0 Å². The molecule has 1 spiro atoms. The van der Waals surface area contributed by atoms with E-state index in [0.29, 0.717) is 5.91 Å². The fourth-order valence-corrected chi connectivity index (χ4v) is 2.98. The average molecular weight is 266 g/mol. The van der Waals surface area contributed by atoms with E-state index in [1.807, 2.05) is 18.0 Å². The van der Waals surface area contributed by atoms with E-state index in [9.17, 15) is 4.79 Å². The zero-order valence-corrected chi connectivity index (χ0v) is 10.2. The molecular formula is C12H12BrNO. The third-order valence-corrected chi connectivity index (χ3v) is 3.99. The lowest BCUT2D eigenvalue weighted by molar-refractivity contribution is -0.134. The lowest BCUT2D eigenvalue weighted by Gasteiger charge is -2.32. The number of amides is 1. The monoisotopic (exact) mass is 265 g/mol. The Morgan fingerprint density at radius 1 is 1.40 bits per heavy atom.